The number of carboxylic acid groups (broad SMARTS) is 1. The van der Waals surface area contributed by atoms with Crippen LogP contribution < -0.4 is 4.74 Å². The highest BCUT2D eigenvalue weighted by Crippen LogP contribution is 2.36. The topological polar surface area (TPSA) is 79.2 Å². The van der Waals surface area contributed by atoms with Crippen molar-refractivity contribution in [2.45, 2.75) is 13.5 Å². The van der Waals surface area contributed by atoms with E-state index in [0.717, 1.165) is 10.0 Å². The van der Waals surface area contributed by atoms with Crippen molar-refractivity contribution in [1.29, 1.82) is 0 Å². The van der Waals surface area contributed by atoms with E-state index in [4.69, 9.17) is 27.9 Å². The number of thioether (sulfide) groups is 1. The predicted octanol–water partition coefficient (Wildman–Crippen LogP) is 7.66. The van der Waals surface area contributed by atoms with Crippen molar-refractivity contribution in [3.63, 3.8) is 0 Å². The van der Waals surface area contributed by atoms with E-state index < -0.39 is 5.97 Å². The Morgan fingerprint density at radius 2 is 1.97 bits per heavy atom. The zero-order valence-corrected chi connectivity index (χ0v) is 22.8. The van der Waals surface area contributed by atoms with Gasteiger partial charge in [-0.1, -0.05) is 51.3 Å². The first-order valence-corrected chi connectivity index (χ1v) is 13.1. The largest absolute Gasteiger partial charge is 0.488 e. The fourth-order valence-corrected chi connectivity index (χ4v) is 5.28. The molecule has 4 rings (SSSR count). The molecule has 36 heavy (non-hydrogen) atoms. The number of rotatable bonds is 7. The summed E-state index contributed by atoms with van der Waals surface area (Å²) in [5, 5.41) is 10.8. The number of hydrogen-bond donors (Lipinski definition) is 1. The average molecular weight is 606 g/mol. The fourth-order valence-electron chi connectivity index (χ4n) is 3.39. The van der Waals surface area contributed by atoms with E-state index in [1.807, 2.05) is 25.1 Å². The van der Waals surface area contributed by atoms with Crippen LogP contribution in [0.4, 0.5) is 5.69 Å². The first-order valence-electron chi connectivity index (χ1n) is 10.7. The lowest BCUT2D eigenvalue weighted by molar-refractivity contribution is -0.122. The summed E-state index contributed by atoms with van der Waals surface area (Å²) in [6.07, 6.45) is 1.76. The summed E-state index contributed by atoms with van der Waals surface area (Å²) in [5.41, 5.74) is 2.07. The number of nitrogens with zero attached hydrogens (tertiary/aromatic N) is 2. The molecule has 1 saturated heterocycles. The maximum atomic E-state index is 13.1. The van der Waals surface area contributed by atoms with Crippen LogP contribution in [-0.2, 0) is 11.4 Å². The van der Waals surface area contributed by atoms with Crippen LogP contribution in [-0.4, -0.2) is 33.6 Å². The van der Waals surface area contributed by atoms with E-state index in [1.165, 1.54) is 23.9 Å². The second-order valence-corrected chi connectivity index (χ2v) is 10.4. The molecule has 1 amide bonds. The first-order chi connectivity index (χ1) is 17.2. The van der Waals surface area contributed by atoms with E-state index in [0.29, 0.717) is 43.7 Å². The normalized spacial score (nSPS) is 15.7. The van der Waals surface area contributed by atoms with Gasteiger partial charge in [0.1, 0.15) is 12.4 Å². The van der Waals surface area contributed by atoms with Gasteiger partial charge in [0, 0.05) is 32.2 Å². The minimum absolute atomic E-state index is 0.127. The minimum atomic E-state index is -1.04. The van der Waals surface area contributed by atoms with E-state index in [2.05, 4.69) is 20.9 Å². The highest BCUT2D eigenvalue weighted by atomic mass is 79.9. The fraction of sp³-hybridized carbons (Fsp3) is 0.115. The molecule has 10 heteroatoms. The van der Waals surface area contributed by atoms with Crippen LogP contribution in [0.2, 0.25) is 10.0 Å². The Morgan fingerprint density at radius 3 is 2.69 bits per heavy atom. The Bertz CT molecular complexity index is 1410. The summed E-state index contributed by atoms with van der Waals surface area (Å²) < 4.78 is 6.87. The third-order valence-electron chi connectivity index (χ3n) is 5.18. The van der Waals surface area contributed by atoms with Gasteiger partial charge < -0.3 is 9.84 Å². The highest BCUT2D eigenvalue weighted by molar-refractivity contribution is 9.10. The van der Waals surface area contributed by atoms with Crippen molar-refractivity contribution in [3.05, 3.63) is 96.8 Å². The molecule has 1 fully saturated rings. The minimum Gasteiger partial charge on any atom is -0.488 e. The van der Waals surface area contributed by atoms with Gasteiger partial charge in [0.15, 0.2) is 5.17 Å². The van der Waals surface area contributed by atoms with Gasteiger partial charge in [0.25, 0.3) is 5.91 Å². The second-order valence-electron chi connectivity index (χ2n) is 7.62. The van der Waals surface area contributed by atoms with Gasteiger partial charge in [-0.05, 0) is 73.3 Å². The van der Waals surface area contributed by atoms with Crippen LogP contribution in [0.5, 0.6) is 5.75 Å². The number of carbonyl (C=O) groups is 2. The number of ether oxygens (including phenoxy) is 1. The number of carbonyl (C=O) groups excluding carboxylic acids is 1. The molecule has 1 N–H and O–H groups in total. The lowest BCUT2D eigenvalue weighted by atomic mass is 10.1. The van der Waals surface area contributed by atoms with Crippen molar-refractivity contribution in [2.75, 3.05) is 6.54 Å². The molecule has 0 aliphatic carbocycles. The lowest BCUT2D eigenvalue weighted by Crippen LogP contribution is -2.28. The summed E-state index contributed by atoms with van der Waals surface area (Å²) in [7, 11) is 0. The van der Waals surface area contributed by atoms with Crippen molar-refractivity contribution < 1.29 is 19.4 Å². The average Bonchev–Trinajstić information content (AvgIpc) is 3.13. The number of amides is 1. The van der Waals surface area contributed by atoms with Crippen molar-refractivity contribution >= 4 is 79.7 Å². The Kier molecular flexibility index (Phi) is 8.41. The van der Waals surface area contributed by atoms with Gasteiger partial charge in [0.05, 0.1) is 16.2 Å². The molecule has 0 radical (unpaired) electrons. The number of likely N-dealkylation sites (N-methyl/N-ethyl adjacent to an activating group) is 1. The van der Waals surface area contributed by atoms with Gasteiger partial charge in [-0.2, -0.15) is 0 Å². The van der Waals surface area contributed by atoms with Crippen LogP contribution in [0.3, 0.4) is 0 Å². The Morgan fingerprint density at radius 1 is 1.17 bits per heavy atom. The Balaban J connectivity index is 1.63. The van der Waals surface area contributed by atoms with E-state index in [1.54, 1.807) is 41.3 Å². The number of halogens is 3. The maximum absolute atomic E-state index is 13.1. The molecule has 3 aromatic rings. The molecular formula is C26H19BrCl2N2O4S. The van der Waals surface area contributed by atoms with Gasteiger partial charge in [0.2, 0.25) is 0 Å². The highest BCUT2D eigenvalue weighted by Gasteiger charge is 2.32. The molecule has 184 valence electrons. The van der Waals surface area contributed by atoms with Crippen LogP contribution in [0.25, 0.3) is 6.08 Å². The van der Waals surface area contributed by atoms with Gasteiger partial charge in [-0.25, -0.2) is 9.79 Å². The maximum Gasteiger partial charge on any atom is 0.335 e. The van der Waals surface area contributed by atoms with Gasteiger partial charge in [-0.3, -0.25) is 9.69 Å². The molecule has 1 aliphatic heterocycles. The molecule has 3 aromatic carbocycles. The summed E-state index contributed by atoms with van der Waals surface area (Å²) in [4.78, 5) is 31.0. The summed E-state index contributed by atoms with van der Waals surface area (Å²) in [6.45, 7) is 2.49. The van der Waals surface area contributed by atoms with Crippen LogP contribution in [0, 0.1) is 0 Å². The van der Waals surface area contributed by atoms with Crippen molar-refractivity contribution in [3.8, 4) is 5.75 Å². The van der Waals surface area contributed by atoms with Crippen LogP contribution in [0.15, 0.2) is 75.0 Å². The molecule has 0 bridgehead atoms. The Hall–Kier alpha value is -2.78. The SMILES string of the molecule is CCN1C(=O)C(=Cc2cc(Br)ccc2OCc2ccc(Cl)cc2Cl)SC1=Nc1cccc(C(=O)O)c1. The molecule has 0 aromatic heterocycles. The quantitative estimate of drug-likeness (QED) is 0.280. The smallest absolute Gasteiger partial charge is 0.335 e. The third-order valence-corrected chi connectivity index (χ3v) is 7.27. The molecule has 0 spiro atoms. The number of hydrogen-bond acceptors (Lipinski definition) is 5. The zero-order chi connectivity index (χ0) is 25.8. The molecule has 1 heterocycles. The summed E-state index contributed by atoms with van der Waals surface area (Å²) in [6, 6.07) is 17.0. The zero-order valence-electron chi connectivity index (χ0n) is 18.9. The second kappa shape index (κ2) is 11.5. The van der Waals surface area contributed by atoms with E-state index in [-0.39, 0.29) is 18.1 Å². The molecule has 0 atom stereocenters. The predicted molar refractivity (Wildman–Crippen MR) is 148 cm³/mol. The number of aromatic carboxylic acids is 1. The standard InChI is InChI=1S/C26H19BrCl2N2O4S/c1-2-31-24(32)23(36-26(31)30-20-5-3-4-15(11-20)25(33)34)12-17-10-18(27)7-9-22(17)35-14-16-6-8-19(28)13-21(16)29/h3-13H,2,14H2,1H3,(H,33,34). The molecular weight excluding hydrogens is 587 g/mol. The molecule has 1 aliphatic rings. The number of amidine groups is 1. The van der Waals surface area contributed by atoms with Crippen molar-refractivity contribution in [2.24, 2.45) is 4.99 Å². The van der Waals surface area contributed by atoms with Crippen molar-refractivity contribution in [1.82, 2.24) is 4.90 Å². The number of benzene rings is 3. The molecule has 0 saturated carbocycles. The summed E-state index contributed by atoms with van der Waals surface area (Å²) in [5.74, 6) is -0.655. The van der Waals surface area contributed by atoms with Crippen LogP contribution >= 0.6 is 50.9 Å². The Labute approximate surface area is 230 Å². The molecule has 0 unspecified atom stereocenters. The third kappa shape index (κ3) is 6.13. The van der Waals surface area contributed by atoms with Gasteiger partial charge in [-0.15, -0.1) is 0 Å². The van der Waals surface area contributed by atoms with Crippen LogP contribution in [0.1, 0.15) is 28.4 Å². The summed E-state index contributed by atoms with van der Waals surface area (Å²) >= 11 is 17.0. The number of carboxylic acids is 1. The number of aliphatic imine (C=N–C) groups is 1. The van der Waals surface area contributed by atoms with E-state index in [9.17, 15) is 14.7 Å². The monoisotopic (exact) mass is 604 g/mol. The van der Waals surface area contributed by atoms with E-state index >= 15 is 0 Å². The lowest BCUT2D eigenvalue weighted by Gasteiger charge is -2.12. The molecule has 6 nitrogen and oxygen atoms in total. The first kappa shape index (κ1) is 26.3. The van der Waals surface area contributed by atoms with Gasteiger partial charge >= 0.3 is 5.97 Å².